The molecule has 0 aliphatic rings. The van der Waals surface area contributed by atoms with Crippen molar-refractivity contribution in [1.82, 2.24) is 4.98 Å². The molecule has 118 valence electrons. The lowest BCUT2D eigenvalue weighted by molar-refractivity contribution is -0.137. The molecule has 1 heterocycles. The zero-order chi connectivity index (χ0) is 17.0. The molecular formula is C17H13F3N2O. The van der Waals surface area contributed by atoms with Crippen molar-refractivity contribution in [1.29, 1.82) is 5.26 Å². The van der Waals surface area contributed by atoms with Gasteiger partial charge < -0.3 is 4.74 Å². The first kappa shape index (κ1) is 16.6. The molecule has 2 rings (SSSR count). The molecule has 0 bridgehead atoms. The summed E-state index contributed by atoms with van der Waals surface area (Å²) in [6.45, 7) is 1.89. The van der Waals surface area contributed by atoms with Gasteiger partial charge in [0, 0.05) is 11.8 Å². The van der Waals surface area contributed by atoms with Crippen molar-refractivity contribution < 1.29 is 17.9 Å². The van der Waals surface area contributed by atoms with Crippen LogP contribution >= 0.6 is 0 Å². The van der Waals surface area contributed by atoms with Crippen molar-refractivity contribution in [2.24, 2.45) is 0 Å². The zero-order valence-electron chi connectivity index (χ0n) is 12.5. The Morgan fingerprint density at radius 2 is 2.00 bits per heavy atom. The highest BCUT2D eigenvalue weighted by molar-refractivity contribution is 5.89. The van der Waals surface area contributed by atoms with Gasteiger partial charge in [0.1, 0.15) is 11.8 Å². The van der Waals surface area contributed by atoms with E-state index in [1.165, 1.54) is 13.2 Å². The quantitative estimate of drug-likeness (QED) is 0.784. The molecule has 0 saturated heterocycles. The summed E-state index contributed by atoms with van der Waals surface area (Å²) in [6.07, 6.45) is -2.20. The molecule has 2 aromatic rings. The van der Waals surface area contributed by atoms with Crippen LogP contribution < -0.4 is 4.74 Å². The monoisotopic (exact) mass is 318 g/mol. The molecule has 3 nitrogen and oxygen atoms in total. The van der Waals surface area contributed by atoms with Gasteiger partial charge in [0.2, 0.25) is 0 Å². The second-order valence-electron chi connectivity index (χ2n) is 4.85. The summed E-state index contributed by atoms with van der Waals surface area (Å²) in [4.78, 5) is 3.74. The molecule has 0 saturated carbocycles. The van der Waals surface area contributed by atoms with Gasteiger partial charge >= 0.3 is 6.18 Å². The van der Waals surface area contributed by atoms with Gasteiger partial charge in [0.15, 0.2) is 0 Å². The highest BCUT2D eigenvalue weighted by Gasteiger charge is 2.30. The van der Waals surface area contributed by atoms with Crippen molar-refractivity contribution >= 4 is 11.6 Å². The van der Waals surface area contributed by atoms with E-state index in [4.69, 9.17) is 4.74 Å². The standard InChI is InChI=1S/C17H13F3N2O/c1-11-3-6-16(23-2)12(7-11)8-13(9-21)15-5-4-14(10-22-15)17(18,19)20/h3-8,10H,1-2H3/b13-8+. The maximum atomic E-state index is 12.6. The minimum absolute atomic E-state index is 0.155. The van der Waals surface area contributed by atoms with Crippen LogP contribution in [0, 0.1) is 18.3 Å². The molecule has 0 spiro atoms. The van der Waals surface area contributed by atoms with Gasteiger partial charge in [-0.1, -0.05) is 11.6 Å². The average molecular weight is 318 g/mol. The van der Waals surface area contributed by atoms with Gasteiger partial charge in [0.05, 0.1) is 23.9 Å². The fraction of sp³-hybridized carbons (Fsp3) is 0.176. The molecule has 0 aliphatic heterocycles. The van der Waals surface area contributed by atoms with E-state index in [1.54, 1.807) is 12.1 Å². The Kier molecular flexibility index (Phi) is 4.70. The predicted octanol–water partition coefficient (Wildman–Crippen LogP) is 4.48. The van der Waals surface area contributed by atoms with Crippen molar-refractivity contribution in [3.05, 3.63) is 58.9 Å². The Bertz CT molecular complexity index is 772. The summed E-state index contributed by atoms with van der Waals surface area (Å²) < 4.78 is 42.9. The molecule has 0 amide bonds. The van der Waals surface area contributed by atoms with Crippen LogP contribution in [-0.4, -0.2) is 12.1 Å². The number of allylic oxidation sites excluding steroid dienone is 1. The van der Waals surface area contributed by atoms with E-state index in [0.29, 0.717) is 17.5 Å². The molecule has 0 fully saturated rings. The summed E-state index contributed by atoms with van der Waals surface area (Å²) in [5, 5.41) is 9.28. The molecule has 0 radical (unpaired) electrons. The van der Waals surface area contributed by atoms with E-state index < -0.39 is 11.7 Å². The Labute approximate surface area is 131 Å². The minimum Gasteiger partial charge on any atom is -0.496 e. The Hall–Kier alpha value is -2.81. The molecular weight excluding hydrogens is 305 g/mol. The lowest BCUT2D eigenvalue weighted by atomic mass is 10.0. The summed E-state index contributed by atoms with van der Waals surface area (Å²) in [7, 11) is 1.50. The fourth-order valence-corrected chi connectivity index (χ4v) is 2.01. The van der Waals surface area contributed by atoms with Crippen molar-refractivity contribution in [2.75, 3.05) is 7.11 Å². The van der Waals surface area contributed by atoms with Gasteiger partial charge in [-0.25, -0.2) is 0 Å². The minimum atomic E-state index is -4.46. The van der Waals surface area contributed by atoms with Crippen LogP contribution in [0.25, 0.3) is 11.6 Å². The van der Waals surface area contributed by atoms with Crippen molar-refractivity contribution in [3.63, 3.8) is 0 Å². The Balaban J connectivity index is 2.44. The molecule has 1 aromatic heterocycles. The van der Waals surface area contributed by atoms with Gasteiger partial charge in [-0.3, -0.25) is 4.98 Å². The summed E-state index contributed by atoms with van der Waals surface area (Å²) in [6, 6.07) is 9.48. The number of benzene rings is 1. The maximum Gasteiger partial charge on any atom is 0.417 e. The Morgan fingerprint density at radius 1 is 1.26 bits per heavy atom. The third kappa shape index (κ3) is 3.89. The number of ether oxygens (including phenoxy) is 1. The van der Waals surface area contributed by atoms with E-state index in [0.717, 1.165) is 11.6 Å². The SMILES string of the molecule is COc1ccc(C)cc1/C=C(\C#N)c1ccc(C(F)(F)F)cn1. The number of aromatic nitrogens is 1. The van der Waals surface area contributed by atoms with Crippen LogP contribution in [0.5, 0.6) is 5.75 Å². The number of alkyl halides is 3. The van der Waals surface area contributed by atoms with Crippen molar-refractivity contribution in [3.8, 4) is 11.8 Å². The van der Waals surface area contributed by atoms with Gasteiger partial charge in [0.25, 0.3) is 0 Å². The van der Waals surface area contributed by atoms with Crippen LogP contribution in [-0.2, 0) is 6.18 Å². The first-order chi connectivity index (χ1) is 10.8. The van der Waals surface area contributed by atoms with E-state index in [9.17, 15) is 18.4 Å². The van der Waals surface area contributed by atoms with Crippen LogP contribution in [0.1, 0.15) is 22.4 Å². The number of aryl methyl sites for hydroxylation is 1. The van der Waals surface area contributed by atoms with Crippen molar-refractivity contribution in [2.45, 2.75) is 13.1 Å². The number of nitrogens with zero attached hydrogens (tertiary/aromatic N) is 2. The Morgan fingerprint density at radius 3 is 2.52 bits per heavy atom. The molecule has 23 heavy (non-hydrogen) atoms. The average Bonchev–Trinajstić information content (AvgIpc) is 2.52. The summed E-state index contributed by atoms with van der Waals surface area (Å²) in [5.74, 6) is 0.565. The number of halogens is 3. The maximum absolute atomic E-state index is 12.6. The lowest BCUT2D eigenvalue weighted by Crippen LogP contribution is -2.05. The lowest BCUT2D eigenvalue weighted by Gasteiger charge is -2.08. The highest BCUT2D eigenvalue weighted by Crippen LogP contribution is 2.30. The number of hydrogen-bond donors (Lipinski definition) is 0. The second-order valence-corrected chi connectivity index (χ2v) is 4.85. The van der Waals surface area contributed by atoms with Gasteiger partial charge in [-0.2, -0.15) is 18.4 Å². The molecule has 0 aliphatic carbocycles. The highest BCUT2D eigenvalue weighted by atomic mass is 19.4. The summed E-state index contributed by atoms with van der Waals surface area (Å²) in [5.41, 5.74) is 1.10. The molecule has 0 N–H and O–H groups in total. The number of rotatable bonds is 3. The first-order valence-corrected chi connectivity index (χ1v) is 6.65. The van der Waals surface area contributed by atoms with E-state index in [-0.39, 0.29) is 11.3 Å². The van der Waals surface area contributed by atoms with Crippen LogP contribution in [0.15, 0.2) is 36.5 Å². The third-order valence-electron chi connectivity index (χ3n) is 3.17. The van der Waals surface area contributed by atoms with E-state index >= 15 is 0 Å². The van der Waals surface area contributed by atoms with E-state index in [1.807, 2.05) is 25.1 Å². The normalized spacial score (nSPS) is 11.9. The number of nitriles is 1. The predicted molar refractivity (Wildman–Crippen MR) is 80.5 cm³/mol. The molecule has 1 aromatic carbocycles. The smallest absolute Gasteiger partial charge is 0.417 e. The topological polar surface area (TPSA) is 45.9 Å². The summed E-state index contributed by atoms with van der Waals surface area (Å²) >= 11 is 0. The molecule has 0 unspecified atom stereocenters. The van der Waals surface area contributed by atoms with Crippen LogP contribution in [0.2, 0.25) is 0 Å². The van der Waals surface area contributed by atoms with E-state index in [2.05, 4.69) is 4.98 Å². The largest absolute Gasteiger partial charge is 0.496 e. The van der Waals surface area contributed by atoms with Gasteiger partial charge in [-0.15, -0.1) is 0 Å². The number of methoxy groups -OCH3 is 1. The number of pyridine rings is 1. The fourth-order valence-electron chi connectivity index (χ4n) is 2.01. The van der Waals surface area contributed by atoms with Crippen LogP contribution in [0.4, 0.5) is 13.2 Å². The number of hydrogen-bond acceptors (Lipinski definition) is 3. The van der Waals surface area contributed by atoms with Gasteiger partial charge in [-0.05, 0) is 37.3 Å². The first-order valence-electron chi connectivity index (χ1n) is 6.65. The van der Waals surface area contributed by atoms with Crippen LogP contribution in [0.3, 0.4) is 0 Å². The molecule has 0 atom stereocenters. The second kappa shape index (κ2) is 6.53. The zero-order valence-corrected chi connectivity index (χ0v) is 12.5. The third-order valence-corrected chi connectivity index (χ3v) is 3.17. The molecule has 6 heteroatoms.